The number of esters is 1. The molecule has 76 valence electrons. The minimum atomic E-state index is -0.510. The van der Waals surface area contributed by atoms with E-state index in [9.17, 15) is 9.59 Å². The fourth-order valence-electron chi connectivity index (χ4n) is 0.578. The van der Waals surface area contributed by atoms with E-state index in [1.807, 2.05) is 0 Å². The highest BCUT2D eigenvalue weighted by Gasteiger charge is 2.01. The van der Waals surface area contributed by atoms with Crippen LogP contribution < -0.4 is 11.1 Å². The van der Waals surface area contributed by atoms with E-state index in [0.717, 1.165) is 0 Å². The molecule has 0 aromatic heterocycles. The number of hydrogen-bond donors (Lipinski definition) is 2. The molecule has 0 aromatic rings. The van der Waals surface area contributed by atoms with Crippen molar-refractivity contribution in [3.63, 3.8) is 0 Å². The van der Waals surface area contributed by atoms with Crippen LogP contribution in [-0.4, -0.2) is 45.3 Å². The van der Waals surface area contributed by atoms with Gasteiger partial charge in [0.1, 0.15) is 6.61 Å². The first kappa shape index (κ1) is 11.9. The molecule has 6 heteroatoms. The topological polar surface area (TPSA) is 90.7 Å². The lowest BCUT2D eigenvalue weighted by atomic mass is 10.5. The Balaban J connectivity index is 3.25. The van der Waals surface area contributed by atoms with E-state index in [2.05, 4.69) is 14.8 Å². The van der Waals surface area contributed by atoms with Gasteiger partial charge in [0.25, 0.3) is 0 Å². The quantitative estimate of drug-likeness (QED) is 0.367. The van der Waals surface area contributed by atoms with Gasteiger partial charge in [0.15, 0.2) is 0 Å². The smallest absolute Gasteiger partial charge is 0.320 e. The van der Waals surface area contributed by atoms with Gasteiger partial charge in [-0.2, -0.15) is 0 Å². The summed E-state index contributed by atoms with van der Waals surface area (Å²) in [4.78, 5) is 21.0. The van der Waals surface area contributed by atoms with Crippen LogP contribution in [0.3, 0.4) is 0 Å². The molecule has 0 heterocycles. The Kier molecular flexibility index (Phi) is 6.85. The highest BCUT2D eigenvalue weighted by molar-refractivity contribution is 5.77. The highest BCUT2D eigenvalue weighted by atomic mass is 16.6. The summed E-state index contributed by atoms with van der Waals surface area (Å²) in [5.41, 5.74) is 4.83. The lowest BCUT2D eigenvalue weighted by Gasteiger charge is -2.03. The van der Waals surface area contributed by atoms with Crippen LogP contribution in [0, 0.1) is 0 Å². The first-order valence-electron chi connectivity index (χ1n) is 3.80. The molecule has 0 bridgehead atoms. The Morgan fingerprint density at radius 1 is 1.31 bits per heavy atom. The van der Waals surface area contributed by atoms with Crippen molar-refractivity contribution in [1.29, 1.82) is 0 Å². The number of carbonyl (C=O) groups is 2. The van der Waals surface area contributed by atoms with E-state index in [1.54, 1.807) is 0 Å². The van der Waals surface area contributed by atoms with Crippen molar-refractivity contribution in [2.45, 2.75) is 0 Å². The molecule has 0 unspecified atom stereocenters. The summed E-state index contributed by atoms with van der Waals surface area (Å²) in [6, 6.07) is 0. The summed E-state index contributed by atoms with van der Waals surface area (Å²) in [6.07, 6.45) is 0. The summed E-state index contributed by atoms with van der Waals surface area (Å²) in [6.45, 7) is 0.529. The van der Waals surface area contributed by atoms with E-state index < -0.39 is 11.9 Å². The molecule has 0 rings (SSSR count). The monoisotopic (exact) mass is 190 g/mol. The molecule has 0 aromatic carbocycles. The van der Waals surface area contributed by atoms with Crippen molar-refractivity contribution in [1.82, 2.24) is 5.32 Å². The summed E-state index contributed by atoms with van der Waals surface area (Å²) in [5, 5.41) is 2.52. The van der Waals surface area contributed by atoms with Crippen LogP contribution in [-0.2, 0) is 19.1 Å². The van der Waals surface area contributed by atoms with Gasteiger partial charge in [-0.1, -0.05) is 0 Å². The molecule has 0 aliphatic heterocycles. The fraction of sp³-hybridized carbons (Fsp3) is 0.714. The predicted octanol–water partition coefficient (Wildman–Crippen LogP) is -1.75. The maximum atomic E-state index is 10.8. The van der Waals surface area contributed by atoms with E-state index in [4.69, 9.17) is 5.73 Å². The van der Waals surface area contributed by atoms with E-state index in [0.29, 0.717) is 6.61 Å². The number of carbonyl (C=O) groups excluding carboxylic acids is 2. The molecule has 0 fully saturated rings. The van der Waals surface area contributed by atoms with E-state index >= 15 is 0 Å². The Morgan fingerprint density at radius 3 is 2.54 bits per heavy atom. The van der Waals surface area contributed by atoms with Gasteiger partial charge < -0.3 is 15.2 Å². The van der Waals surface area contributed by atoms with Crippen LogP contribution in [0.1, 0.15) is 0 Å². The van der Waals surface area contributed by atoms with Gasteiger partial charge in [-0.3, -0.25) is 14.9 Å². The van der Waals surface area contributed by atoms with Crippen molar-refractivity contribution in [2.24, 2.45) is 5.73 Å². The molecule has 0 saturated carbocycles. The van der Waals surface area contributed by atoms with Crippen LogP contribution in [0.5, 0.6) is 0 Å². The molecule has 13 heavy (non-hydrogen) atoms. The molecular formula is C7H14N2O4. The number of nitrogens with one attached hydrogen (secondary N) is 1. The number of hydrogen-bond acceptors (Lipinski definition) is 5. The van der Waals surface area contributed by atoms with Gasteiger partial charge in [-0.15, -0.1) is 0 Å². The Morgan fingerprint density at radius 2 is 2.00 bits per heavy atom. The van der Waals surface area contributed by atoms with Crippen molar-refractivity contribution in [3.05, 3.63) is 0 Å². The summed E-state index contributed by atoms with van der Waals surface area (Å²) < 4.78 is 9.35. The van der Waals surface area contributed by atoms with Crippen LogP contribution in [0.15, 0.2) is 0 Å². The summed E-state index contributed by atoms with van der Waals surface area (Å²) in [5.74, 6) is -0.942. The number of primary amides is 1. The van der Waals surface area contributed by atoms with Gasteiger partial charge in [0.2, 0.25) is 5.91 Å². The number of nitrogens with two attached hydrogens (primary N) is 1. The second kappa shape index (κ2) is 7.51. The van der Waals surface area contributed by atoms with Gasteiger partial charge in [0.05, 0.1) is 19.7 Å². The van der Waals surface area contributed by atoms with E-state index in [1.165, 1.54) is 7.11 Å². The number of methoxy groups -OCH3 is 1. The predicted molar refractivity (Wildman–Crippen MR) is 44.9 cm³/mol. The van der Waals surface area contributed by atoms with Crippen molar-refractivity contribution in [2.75, 3.05) is 33.4 Å². The molecule has 0 aliphatic carbocycles. The van der Waals surface area contributed by atoms with Crippen molar-refractivity contribution in [3.8, 4) is 0 Å². The Bertz CT molecular complexity index is 172. The third-order valence-corrected chi connectivity index (χ3v) is 1.12. The molecule has 0 aliphatic rings. The second-order valence-electron chi connectivity index (χ2n) is 2.28. The van der Waals surface area contributed by atoms with Crippen LogP contribution >= 0.6 is 0 Å². The fourth-order valence-corrected chi connectivity index (χ4v) is 0.578. The zero-order valence-corrected chi connectivity index (χ0v) is 7.54. The van der Waals surface area contributed by atoms with Gasteiger partial charge in [0, 0.05) is 7.11 Å². The third kappa shape index (κ3) is 8.77. The standard InChI is InChI=1S/C7H14N2O4/c1-12-2-3-13-7(11)5-9-4-6(8)10/h9H,2-5H2,1H3,(H2,8,10). The van der Waals surface area contributed by atoms with E-state index in [-0.39, 0.29) is 19.7 Å². The first-order valence-corrected chi connectivity index (χ1v) is 3.80. The van der Waals surface area contributed by atoms with Crippen molar-refractivity contribution < 1.29 is 19.1 Å². The Hall–Kier alpha value is -1.14. The zero-order chi connectivity index (χ0) is 10.1. The molecule has 6 nitrogen and oxygen atoms in total. The maximum absolute atomic E-state index is 10.8. The molecular weight excluding hydrogens is 176 g/mol. The lowest BCUT2D eigenvalue weighted by Crippen LogP contribution is -2.33. The molecule has 3 N–H and O–H groups in total. The summed E-state index contributed by atoms with van der Waals surface area (Å²) in [7, 11) is 1.51. The minimum Gasteiger partial charge on any atom is -0.462 e. The van der Waals surface area contributed by atoms with Crippen LogP contribution in [0.4, 0.5) is 0 Å². The SMILES string of the molecule is COCCOC(=O)CNCC(N)=O. The van der Waals surface area contributed by atoms with Gasteiger partial charge in [-0.25, -0.2) is 0 Å². The first-order chi connectivity index (χ1) is 6.16. The number of ether oxygens (including phenoxy) is 2. The zero-order valence-electron chi connectivity index (χ0n) is 7.54. The van der Waals surface area contributed by atoms with Crippen molar-refractivity contribution >= 4 is 11.9 Å². The molecule has 1 amide bonds. The molecule has 0 saturated heterocycles. The molecule has 0 spiro atoms. The van der Waals surface area contributed by atoms with Crippen LogP contribution in [0.25, 0.3) is 0 Å². The lowest BCUT2D eigenvalue weighted by molar-refractivity contribution is -0.143. The largest absolute Gasteiger partial charge is 0.462 e. The molecule has 0 atom stereocenters. The minimum absolute atomic E-state index is 0.0212. The van der Waals surface area contributed by atoms with Crippen LogP contribution in [0.2, 0.25) is 0 Å². The second-order valence-corrected chi connectivity index (χ2v) is 2.28. The average molecular weight is 190 g/mol. The average Bonchev–Trinajstić information content (AvgIpc) is 2.04. The maximum Gasteiger partial charge on any atom is 0.320 e. The normalized spacial score (nSPS) is 9.62. The number of rotatable bonds is 7. The summed E-state index contributed by atoms with van der Waals surface area (Å²) >= 11 is 0. The molecule has 0 radical (unpaired) electrons. The number of amides is 1. The third-order valence-electron chi connectivity index (χ3n) is 1.12. The Labute approximate surface area is 76.4 Å². The van der Waals surface area contributed by atoms with Gasteiger partial charge in [-0.05, 0) is 0 Å². The highest BCUT2D eigenvalue weighted by Crippen LogP contribution is 1.77. The van der Waals surface area contributed by atoms with Gasteiger partial charge >= 0.3 is 5.97 Å².